The fourth-order valence-electron chi connectivity index (χ4n) is 0.940. The van der Waals surface area contributed by atoms with Crippen molar-refractivity contribution >= 4 is 25.5 Å². The van der Waals surface area contributed by atoms with Gasteiger partial charge in [0.15, 0.2) is 0 Å². The summed E-state index contributed by atoms with van der Waals surface area (Å²) in [5.74, 6) is 0. The number of benzene rings is 1. The Labute approximate surface area is 81.6 Å². The van der Waals surface area contributed by atoms with Gasteiger partial charge in [-0.1, -0.05) is 12.1 Å². The maximum atomic E-state index is 11.3. The summed E-state index contributed by atoms with van der Waals surface area (Å²) in [5.41, 5.74) is 0.254. The van der Waals surface area contributed by atoms with Gasteiger partial charge < -0.3 is 19.5 Å². The second-order valence-electron chi connectivity index (χ2n) is 2.67. The van der Waals surface area contributed by atoms with Crippen LogP contribution in [0.5, 0.6) is 0 Å². The minimum atomic E-state index is -3.74. The normalized spacial score (nSPS) is 14.9. The standard InChI is InChI=1S/C7H10BO5P/c1-13-14(11,12)7-4-2-6(3-5-7)8(9)10/h2-5,9-10H,1H3,(H,11,12). The monoisotopic (exact) mass is 216 g/mol. The minimum absolute atomic E-state index is 0.115. The third-order valence-corrected chi connectivity index (χ3v) is 3.21. The lowest BCUT2D eigenvalue weighted by Crippen LogP contribution is -2.30. The molecule has 0 aliphatic rings. The Bertz CT molecular complexity index is 350. The highest BCUT2D eigenvalue weighted by Gasteiger charge is 2.21. The van der Waals surface area contributed by atoms with E-state index in [0.29, 0.717) is 0 Å². The smallest absolute Gasteiger partial charge is 0.423 e. The van der Waals surface area contributed by atoms with E-state index in [1.807, 2.05) is 0 Å². The van der Waals surface area contributed by atoms with E-state index in [1.165, 1.54) is 24.3 Å². The van der Waals surface area contributed by atoms with Crippen molar-refractivity contribution in [2.24, 2.45) is 0 Å². The summed E-state index contributed by atoms with van der Waals surface area (Å²) < 4.78 is 15.7. The van der Waals surface area contributed by atoms with Crippen molar-refractivity contribution in [1.29, 1.82) is 0 Å². The van der Waals surface area contributed by atoms with Crippen molar-refractivity contribution in [3.8, 4) is 0 Å². The molecule has 0 aromatic heterocycles. The van der Waals surface area contributed by atoms with E-state index in [0.717, 1.165) is 7.11 Å². The van der Waals surface area contributed by atoms with E-state index in [-0.39, 0.29) is 10.8 Å². The number of hydrogen-bond donors (Lipinski definition) is 3. The number of rotatable bonds is 3. The zero-order valence-electron chi connectivity index (χ0n) is 7.49. The molecular weight excluding hydrogens is 206 g/mol. The van der Waals surface area contributed by atoms with Crippen LogP contribution in [0.2, 0.25) is 0 Å². The molecule has 1 unspecified atom stereocenters. The Balaban J connectivity index is 3.00. The molecule has 0 bridgehead atoms. The van der Waals surface area contributed by atoms with Crippen molar-refractivity contribution < 1.29 is 24.0 Å². The molecule has 0 spiro atoms. The van der Waals surface area contributed by atoms with Gasteiger partial charge >= 0.3 is 14.7 Å². The van der Waals surface area contributed by atoms with E-state index in [1.54, 1.807) is 0 Å². The molecule has 0 fully saturated rings. The highest BCUT2D eigenvalue weighted by Crippen LogP contribution is 2.38. The van der Waals surface area contributed by atoms with E-state index in [4.69, 9.17) is 10.0 Å². The Hall–Kier alpha value is -0.645. The molecule has 1 aromatic carbocycles. The highest BCUT2D eigenvalue weighted by molar-refractivity contribution is 7.61. The summed E-state index contributed by atoms with van der Waals surface area (Å²) in [7, 11) is -4.18. The van der Waals surface area contributed by atoms with Crippen LogP contribution in [-0.4, -0.2) is 29.2 Å². The van der Waals surface area contributed by atoms with E-state index in [2.05, 4.69) is 4.52 Å². The molecule has 76 valence electrons. The van der Waals surface area contributed by atoms with Crippen molar-refractivity contribution in [2.45, 2.75) is 0 Å². The third kappa shape index (κ3) is 2.44. The van der Waals surface area contributed by atoms with Crippen LogP contribution in [0.25, 0.3) is 0 Å². The molecule has 1 atom stereocenters. The predicted octanol–water partition coefficient (Wildman–Crippen LogP) is -1.18. The molecule has 0 amide bonds. The van der Waals surface area contributed by atoms with Crippen molar-refractivity contribution in [2.75, 3.05) is 7.11 Å². The molecule has 0 aliphatic heterocycles. The van der Waals surface area contributed by atoms with Gasteiger partial charge in [-0.25, -0.2) is 0 Å². The van der Waals surface area contributed by atoms with Crippen molar-refractivity contribution in [3.05, 3.63) is 24.3 Å². The average Bonchev–Trinajstić information content (AvgIpc) is 2.18. The van der Waals surface area contributed by atoms with Gasteiger partial charge in [-0.15, -0.1) is 0 Å². The first kappa shape index (κ1) is 11.4. The van der Waals surface area contributed by atoms with E-state index in [9.17, 15) is 9.46 Å². The van der Waals surface area contributed by atoms with E-state index >= 15 is 0 Å². The third-order valence-electron chi connectivity index (χ3n) is 1.76. The van der Waals surface area contributed by atoms with Crippen LogP contribution in [0.4, 0.5) is 0 Å². The lowest BCUT2D eigenvalue weighted by atomic mass is 9.81. The van der Waals surface area contributed by atoms with Gasteiger partial charge in [0, 0.05) is 7.11 Å². The van der Waals surface area contributed by atoms with Gasteiger partial charge in [-0.3, -0.25) is 4.57 Å². The molecule has 3 N–H and O–H groups in total. The van der Waals surface area contributed by atoms with Crippen LogP contribution in [0.3, 0.4) is 0 Å². The van der Waals surface area contributed by atoms with E-state index < -0.39 is 14.7 Å². The maximum Gasteiger partial charge on any atom is 0.488 e. The highest BCUT2D eigenvalue weighted by atomic mass is 31.2. The van der Waals surface area contributed by atoms with Gasteiger partial charge in [-0.05, 0) is 17.6 Å². The van der Waals surface area contributed by atoms with Gasteiger partial charge in [0.2, 0.25) is 0 Å². The first-order chi connectivity index (χ1) is 6.47. The molecule has 5 nitrogen and oxygen atoms in total. The van der Waals surface area contributed by atoms with Crippen LogP contribution in [0, 0.1) is 0 Å². The van der Waals surface area contributed by atoms with Gasteiger partial charge in [0.25, 0.3) is 0 Å². The predicted molar refractivity (Wildman–Crippen MR) is 52.7 cm³/mol. The fourth-order valence-corrected chi connectivity index (χ4v) is 1.68. The second kappa shape index (κ2) is 4.25. The Morgan fingerprint density at radius 1 is 1.29 bits per heavy atom. The molecule has 1 aromatic rings. The lowest BCUT2D eigenvalue weighted by Gasteiger charge is -2.08. The Kier molecular flexibility index (Phi) is 3.47. The number of hydrogen-bond acceptors (Lipinski definition) is 4. The van der Waals surface area contributed by atoms with Crippen LogP contribution in [0.1, 0.15) is 0 Å². The largest absolute Gasteiger partial charge is 0.488 e. The zero-order chi connectivity index (χ0) is 10.8. The van der Waals surface area contributed by atoms with Crippen LogP contribution in [-0.2, 0) is 9.09 Å². The molecule has 0 aliphatic carbocycles. The molecule has 1 rings (SSSR count). The molecule has 0 saturated carbocycles. The maximum absolute atomic E-state index is 11.3. The summed E-state index contributed by atoms with van der Waals surface area (Å²) in [6, 6.07) is 5.34. The van der Waals surface area contributed by atoms with Crippen LogP contribution < -0.4 is 10.8 Å². The van der Waals surface area contributed by atoms with Crippen molar-refractivity contribution in [3.63, 3.8) is 0 Å². The van der Waals surface area contributed by atoms with Crippen LogP contribution >= 0.6 is 7.60 Å². The average molecular weight is 216 g/mol. The molecule has 0 radical (unpaired) electrons. The Morgan fingerprint density at radius 2 is 1.79 bits per heavy atom. The summed E-state index contributed by atoms with van der Waals surface area (Å²) in [5, 5.41) is 17.6. The summed E-state index contributed by atoms with van der Waals surface area (Å²) in [4.78, 5) is 9.23. The second-order valence-corrected chi connectivity index (χ2v) is 4.59. The first-order valence-electron chi connectivity index (χ1n) is 3.82. The quantitative estimate of drug-likeness (QED) is 0.437. The van der Waals surface area contributed by atoms with Crippen molar-refractivity contribution in [1.82, 2.24) is 0 Å². The topological polar surface area (TPSA) is 87.0 Å². The van der Waals surface area contributed by atoms with Gasteiger partial charge in [0.05, 0.1) is 5.30 Å². The summed E-state index contributed by atoms with van der Waals surface area (Å²) in [6.45, 7) is 0. The molecule has 0 heterocycles. The summed E-state index contributed by atoms with van der Waals surface area (Å²) >= 11 is 0. The zero-order valence-corrected chi connectivity index (χ0v) is 8.39. The fraction of sp³-hybridized carbons (Fsp3) is 0.143. The Morgan fingerprint density at radius 3 is 2.14 bits per heavy atom. The lowest BCUT2D eigenvalue weighted by molar-refractivity contribution is 0.328. The molecule has 14 heavy (non-hydrogen) atoms. The molecule has 0 saturated heterocycles. The van der Waals surface area contributed by atoms with Gasteiger partial charge in [0.1, 0.15) is 0 Å². The van der Waals surface area contributed by atoms with Crippen LogP contribution in [0.15, 0.2) is 24.3 Å². The van der Waals surface area contributed by atoms with Gasteiger partial charge in [-0.2, -0.15) is 0 Å². The summed E-state index contributed by atoms with van der Waals surface area (Å²) in [6.07, 6.45) is 0. The minimum Gasteiger partial charge on any atom is -0.423 e. The SMILES string of the molecule is COP(=O)(O)c1ccc(B(O)O)cc1. The first-order valence-corrected chi connectivity index (χ1v) is 5.40. The molecular formula is C7H10BO5P. The molecule has 7 heteroatoms.